The van der Waals surface area contributed by atoms with Crippen LogP contribution in [0.15, 0.2) is 0 Å². The van der Waals surface area contributed by atoms with Gasteiger partial charge in [-0.25, -0.2) is 0 Å². The number of likely N-dealkylation sites (N-methyl/N-ethyl adjacent to an activating group) is 1. The summed E-state index contributed by atoms with van der Waals surface area (Å²) >= 11 is 0. The molecule has 1 aliphatic rings. The average Bonchev–Trinajstić information content (AvgIpc) is 2.28. The van der Waals surface area contributed by atoms with Crippen molar-refractivity contribution in [2.45, 2.75) is 25.4 Å². The molecule has 0 spiro atoms. The van der Waals surface area contributed by atoms with Crippen LogP contribution in [0.3, 0.4) is 0 Å². The third-order valence-corrected chi connectivity index (χ3v) is 2.91. The Kier molecular flexibility index (Phi) is 6.37. The van der Waals surface area contributed by atoms with Gasteiger partial charge in [-0.2, -0.15) is 0 Å². The number of nitrogens with zero attached hydrogens (tertiary/aromatic N) is 1. The normalized spacial score (nSPS) is 18.8. The van der Waals surface area contributed by atoms with Gasteiger partial charge in [-0.3, -0.25) is 4.79 Å². The van der Waals surface area contributed by atoms with E-state index in [9.17, 15) is 4.79 Å². The van der Waals surface area contributed by atoms with Crippen LogP contribution >= 0.6 is 0 Å². The molecule has 0 aromatic rings. The lowest BCUT2D eigenvalue weighted by Gasteiger charge is -2.31. The first kappa shape index (κ1) is 13.4. The van der Waals surface area contributed by atoms with Gasteiger partial charge in [-0.15, -0.1) is 0 Å². The number of carbonyl (C=O) groups excluding carboxylic acids is 1. The van der Waals surface area contributed by atoms with Crippen LogP contribution in [0.25, 0.3) is 0 Å². The summed E-state index contributed by atoms with van der Waals surface area (Å²) in [6.07, 6.45) is 2.97. The number of hydrogen-bond donors (Lipinski definition) is 2. The lowest BCUT2D eigenvalue weighted by atomic mass is 10.1. The highest BCUT2D eigenvalue weighted by atomic mass is 16.5. The second-order valence-corrected chi connectivity index (χ2v) is 4.23. The third-order valence-electron chi connectivity index (χ3n) is 2.91. The molecule has 16 heavy (non-hydrogen) atoms. The summed E-state index contributed by atoms with van der Waals surface area (Å²) in [7, 11) is 1.93. The van der Waals surface area contributed by atoms with Crippen molar-refractivity contribution in [2.75, 3.05) is 39.8 Å². The van der Waals surface area contributed by atoms with Crippen LogP contribution in [-0.2, 0) is 9.53 Å². The molecule has 0 atom stereocenters. The molecule has 3 N–H and O–H groups in total. The van der Waals surface area contributed by atoms with Gasteiger partial charge >= 0.3 is 0 Å². The van der Waals surface area contributed by atoms with Gasteiger partial charge in [0.05, 0.1) is 12.7 Å². The minimum atomic E-state index is -0.215. The Hall–Kier alpha value is -0.650. The molecule has 0 unspecified atom stereocenters. The fraction of sp³-hybridized carbons (Fsp3) is 0.909. The van der Waals surface area contributed by atoms with Gasteiger partial charge in [-0.05, 0) is 19.9 Å². The first-order valence-corrected chi connectivity index (χ1v) is 5.99. The molecule has 1 saturated heterocycles. The number of rotatable bonds is 7. The molecule has 1 heterocycles. The Balaban J connectivity index is 2.06. The number of ether oxygens (including phenoxy) is 1. The molecule has 94 valence electrons. The summed E-state index contributed by atoms with van der Waals surface area (Å²) in [4.78, 5) is 12.9. The van der Waals surface area contributed by atoms with Gasteiger partial charge in [0.25, 0.3) is 0 Å². The Labute approximate surface area is 97.3 Å². The van der Waals surface area contributed by atoms with Crippen LogP contribution in [0.2, 0.25) is 0 Å². The zero-order chi connectivity index (χ0) is 11.8. The summed E-state index contributed by atoms with van der Waals surface area (Å²) in [5, 5.41) is 3.06. The van der Waals surface area contributed by atoms with Gasteiger partial charge in [0, 0.05) is 32.6 Å². The molecule has 0 aromatic heterocycles. The van der Waals surface area contributed by atoms with Crippen molar-refractivity contribution in [1.29, 1.82) is 0 Å². The minimum absolute atomic E-state index is 0.215. The van der Waals surface area contributed by atoms with E-state index in [2.05, 4.69) is 10.2 Å². The summed E-state index contributed by atoms with van der Waals surface area (Å²) in [6.45, 7) is 4.50. The lowest BCUT2D eigenvalue weighted by molar-refractivity contribution is -0.118. The third kappa shape index (κ3) is 5.44. The predicted octanol–water partition coefficient (Wildman–Crippen LogP) is -0.438. The summed E-state index contributed by atoms with van der Waals surface area (Å²) < 4.78 is 5.72. The summed E-state index contributed by atoms with van der Waals surface area (Å²) in [6, 6.07) is 0. The van der Waals surface area contributed by atoms with Gasteiger partial charge in [-0.1, -0.05) is 0 Å². The van der Waals surface area contributed by atoms with Crippen LogP contribution in [0.4, 0.5) is 0 Å². The first-order chi connectivity index (χ1) is 7.72. The Bertz CT molecular complexity index is 203. The quantitative estimate of drug-likeness (QED) is 0.581. The highest BCUT2D eigenvalue weighted by Crippen LogP contribution is 2.13. The second kappa shape index (κ2) is 7.60. The van der Waals surface area contributed by atoms with E-state index < -0.39 is 0 Å². The number of carbonyl (C=O) groups is 1. The molecule has 0 radical (unpaired) electrons. The second-order valence-electron chi connectivity index (χ2n) is 4.23. The largest absolute Gasteiger partial charge is 0.377 e. The van der Waals surface area contributed by atoms with Crippen molar-refractivity contribution >= 4 is 5.91 Å². The topological polar surface area (TPSA) is 67.6 Å². The molecule has 1 rings (SSSR count). The van der Waals surface area contributed by atoms with Gasteiger partial charge in [0.15, 0.2) is 0 Å². The number of amides is 1. The van der Waals surface area contributed by atoms with Gasteiger partial charge in [0.2, 0.25) is 5.91 Å². The Morgan fingerprint density at radius 1 is 1.50 bits per heavy atom. The minimum Gasteiger partial charge on any atom is -0.377 e. The SMILES string of the molecule is CNCCOC1CCN(CCC(N)=O)CC1. The fourth-order valence-electron chi connectivity index (χ4n) is 1.90. The highest BCUT2D eigenvalue weighted by molar-refractivity contribution is 5.73. The van der Waals surface area contributed by atoms with Gasteiger partial charge in [0.1, 0.15) is 0 Å². The molecular weight excluding hydrogens is 206 g/mol. The van der Waals surface area contributed by atoms with Crippen LogP contribution in [0.1, 0.15) is 19.3 Å². The van der Waals surface area contributed by atoms with E-state index in [1.165, 1.54) is 0 Å². The van der Waals surface area contributed by atoms with Crippen LogP contribution < -0.4 is 11.1 Å². The van der Waals surface area contributed by atoms with Crippen molar-refractivity contribution in [3.05, 3.63) is 0 Å². The fourth-order valence-corrected chi connectivity index (χ4v) is 1.90. The van der Waals surface area contributed by atoms with Crippen molar-refractivity contribution in [2.24, 2.45) is 5.73 Å². The van der Waals surface area contributed by atoms with E-state index in [1.807, 2.05) is 7.05 Å². The molecule has 5 nitrogen and oxygen atoms in total. The monoisotopic (exact) mass is 229 g/mol. The molecule has 0 aromatic carbocycles. The number of hydrogen-bond acceptors (Lipinski definition) is 4. The number of nitrogens with one attached hydrogen (secondary N) is 1. The zero-order valence-electron chi connectivity index (χ0n) is 10.1. The van der Waals surface area contributed by atoms with Crippen molar-refractivity contribution in [1.82, 2.24) is 10.2 Å². The van der Waals surface area contributed by atoms with Crippen molar-refractivity contribution in [3.8, 4) is 0 Å². The highest BCUT2D eigenvalue weighted by Gasteiger charge is 2.19. The van der Waals surface area contributed by atoms with E-state index in [-0.39, 0.29) is 5.91 Å². The maximum atomic E-state index is 10.6. The van der Waals surface area contributed by atoms with E-state index in [1.54, 1.807) is 0 Å². The average molecular weight is 229 g/mol. The lowest BCUT2D eigenvalue weighted by Crippen LogP contribution is -2.39. The number of likely N-dealkylation sites (tertiary alicyclic amines) is 1. The first-order valence-electron chi connectivity index (χ1n) is 5.99. The van der Waals surface area contributed by atoms with Crippen molar-refractivity contribution in [3.63, 3.8) is 0 Å². The van der Waals surface area contributed by atoms with Crippen LogP contribution in [0, 0.1) is 0 Å². The molecule has 0 bridgehead atoms. The number of primary amides is 1. The number of nitrogens with two attached hydrogens (primary N) is 1. The van der Waals surface area contributed by atoms with Crippen LogP contribution in [-0.4, -0.2) is 56.7 Å². The van der Waals surface area contributed by atoms with E-state index >= 15 is 0 Å². The predicted molar refractivity (Wildman–Crippen MR) is 63.2 cm³/mol. The molecule has 1 fully saturated rings. The summed E-state index contributed by atoms with van der Waals surface area (Å²) in [5.74, 6) is -0.215. The maximum Gasteiger partial charge on any atom is 0.218 e. The zero-order valence-corrected chi connectivity index (χ0v) is 10.1. The molecule has 1 amide bonds. The summed E-state index contributed by atoms with van der Waals surface area (Å²) in [5.41, 5.74) is 5.12. The van der Waals surface area contributed by atoms with E-state index in [4.69, 9.17) is 10.5 Å². The van der Waals surface area contributed by atoms with E-state index in [0.717, 1.165) is 45.6 Å². The number of piperidine rings is 1. The Morgan fingerprint density at radius 3 is 2.75 bits per heavy atom. The molecule has 0 aliphatic carbocycles. The van der Waals surface area contributed by atoms with Crippen molar-refractivity contribution < 1.29 is 9.53 Å². The molecule has 1 aliphatic heterocycles. The van der Waals surface area contributed by atoms with E-state index in [0.29, 0.717) is 12.5 Å². The molecule has 5 heteroatoms. The molecule has 0 saturated carbocycles. The smallest absolute Gasteiger partial charge is 0.218 e. The van der Waals surface area contributed by atoms with Crippen LogP contribution in [0.5, 0.6) is 0 Å². The standard InChI is InChI=1S/C11H23N3O2/c1-13-5-9-16-10-2-6-14(7-3-10)8-4-11(12)15/h10,13H,2-9H2,1H3,(H2,12,15). The molecular formula is C11H23N3O2. The van der Waals surface area contributed by atoms with Gasteiger partial charge < -0.3 is 20.7 Å². The maximum absolute atomic E-state index is 10.6. The Morgan fingerprint density at radius 2 is 2.19 bits per heavy atom.